The first-order valence-electron chi connectivity index (χ1n) is 6.54. The van der Waals surface area contributed by atoms with Gasteiger partial charge in [0.25, 0.3) is 0 Å². The lowest BCUT2D eigenvalue weighted by molar-refractivity contribution is 0.246. The minimum absolute atomic E-state index is 0.0949. The summed E-state index contributed by atoms with van der Waals surface area (Å²) in [7, 11) is 0. The second kappa shape index (κ2) is 5.14. The number of ether oxygens (including phenoxy) is 1. The van der Waals surface area contributed by atoms with E-state index in [1.807, 2.05) is 18.2 Å². The van der Waals surface area contributed by atoms with E-state index in [2.05, 4.69) is 17.5 Å². The van der Waals surface area contributed by atoms with E-state index in [0.717, 1.165) is 17.9 Å². The van der Waals surface area contributed by atoms with Crippen LogP contribution in [0.15, 0.2) is 42.5 Å². The molecule has 1 heterocycles. The molecule has 1 unspecified atom stereocenters. The summed E-state index contributed by atoms with van der Waals surface area (Å²) in [5.41, 5.74) is 9.15. The van der Waals surface area contributed by atoms with Crippen LogP contribution in [0.3, 0.4) is 0 Å². The third-order valence-electron chi connectivity index (χ3n) is 3.42. The molecule has 0 aromatic heterocycles. The molecule has 4 nitrogen and oxygen atoms in total. The maximum absolute atomic E-state index is 8.91. The Bertz CT molecular complexity index is 651. The number of nitrogens with two attached hydrogens (primary N) is 1. The molecule has 0 saturated carbocycles. The smallest absolute Gasteiger partial charge is 0.123 e. The number of hydrogen-bond acceptors (Lipinski definition) is 4. The fraction of sp³-hybridized carbons (Fsp3) is 0.188. The molecule has 2 aromatic carbocycles. The Hall–Kier alpha value is -2.67. The Kier molecular flexibility index (Phi) is 3.18. The molecule has 0 fully saturated rings. The number of nitriles is 1. The van der Waals surface area contributed by atoms with Crippen molar-refractivity contribution in [1.82, 2.24) is 0 Å². The van der Waals surface area contributed by atoms with Crippen molar-refractivity contribution in [3.05, 3.63) is 53.6 Å². The van der Waals surface area contributed by atoms with Crippen LogP contribution < -0.4 is 15.8 Å². The Balaban J connectivity index is 1.66. The van der Waals surface area contributed by atoms with E-state index in [9.17, 15) is 0 Å². The normalized spacial score (nSPS) is 16.1. The zero-order valence-corrected chi connectivity index (χ0v) is 11.0. The highest BCUT2D eigenvalue weighted by molar-refractivity contribution is 5.68. The summed E-state index contributed by atoms with van der Waals surface area (Å²) < 4.78 is 5.86. The summed E-state index contributed by atoms with van der Waals surface area (Å²) in [6.45, 7) is 0.660. The molecule has 2 aromatic rings. The van der Waals surface area contributed by atoms with Crippen molar-refractivity contribution in [2.75, 3.05) is 17.6 Å². The predicted octanol–water partition coefficient (Wildman–Crippen LogP) is 2.56. The predicted molar refractivity (Wildman–Crippen MR) is 78.6 cm³/mol. The summed E-state index contributed by atoms with van der Waals surface area (Å²) in [6, 6.07) is 15.4. The lowest BCUT2D eigenvalue weighted by Crippen LogP contribution is -2.24. The van der Waals surface area contributed by atoms with Gasteiger partial charge in [-0.15, -0.1) is 0 Å². The van der Waals surface area contributed by atoms with Crippen molar-refractivity contribution >= 4 is 11.4 Å². The fourth-order valence-corrected chi connectivity index (χ4v) is 2.37. The Morgan fingerprint density at radius 3 is 2.95 bits per heavy atom. The lowest BCUT2D eigenvalue weighted by Gasteiger charge is -2.14. The largest absolute Gasteiger partial charge is 0.488 e. The summed E-state index contributed by atoms with van der Waals surface area (Å²) >= 11 is 0. The molecule has 100 valence electrons. The second-order valence-corrected chi connectivity index (χ2v) is 4.85. The summed E-state index contributed by atoms with van der Waals surface area (Å²) in [4.78, 5) is 0. The average molecular weight is 265 g/mol. The van der Waals surface area contributed by atoms with Gasteiger partial charge < -0.3 is 15.8 Å². The van der Waals surface area contributed by atoms with Gasteiger partial charge in [0.15, 0.2) is 0 Å². The maximum atomic E-state index is 8.91. The van der Waals surface area contributed by atoms with Gasteiger partial charge in [0.1, 0.15) is 11.9 Å². The molecule has 0 radical (unpaired) electrons. The minimum Gasteiger partial charge on any atom is -0.488 e. The third-order valence-corrected chi connectivity index (χ3v) is 3.42. The summed E-state index contributed by atoms with van der Waals surface area (Å²) in [5.74, 6) is 0.957. The highest BCUT2D eigenvalue weighted by atomic mass is 16.5. The second-order valence-electron chi connectivity index (χ2n) is 4.85. The Labute approximate surface area is 117 Å². The highest BCUT2D eigenvalue weighted by Crippen LogP contribution is 2.28. The van der Waals surface area contributed by atoms with Gasteiger partial charge in [0, 0.05) is 6.42 Å². The lowest BCUT2D eigenvalue weighted by atomic mass is 10.1. The zero-order valence-electron chi connectivity index (χ0n) is 11.0. The molecule has 1 atom stereocenters. The summed E-state index contributed by atoms with van der Waals surface area (Å²) in [5, 5.41) is 12.2. The number of nitrogens with one attached hydrogen (secondary N) is 1. The first-order valence-corrected chi connectivity index (χ1v) is 6.54. The van der Waals surface area contributed by atoms with E-state index in [1.165, 1.54) is 5.56 Å². The van der Waals surface area contributed by atoms with Crippen molar-refractivity contribution in [3.8, 4) is 11.8 Å². The van der Waals surface area contributed by atoms with Crippen LogP contribution in [0.25, 0.3) is 0 Å². The SMILES string of the molecule is N#Cc1ccc(N)c(NCC2Cc3ccccc3O2)c1. The van der Waals surface area contributed by atoms with Gasteiger partial charge in [-0.2, -0.15) is 5.26 Å². The molecule has 4 heteroatoms. The van der Waals surface area contributed by atoms with Gasteiger partial charge in [-0.1, -0.05) is 18.2 Å². The third kappa shape index (κ3) is 2.39. The van der Waals surface area contributed by atoms with Crippen LogP contribution in [0.2, 0.25) is 0 Å². The van der Waals surface area contributed by atoms with Gasteiger partial charge in [-0.25, -0.2) is 0 Å². The number of rotatable bonds is 3. The van der Waals surface area contributed by atoms with Crippen LogP contribution >= 0.6 is 0 Å². The van der Waals surface area contributed by atoms with Gasteiger partial charge in [0.2, 0.25) is 0 Å². The van der Waals surface area contributed by atoms with Crippen molar-refractivity contribution in [1.29, 1.82) is 5.26 Å². The number of benzene rings is 2. The maximum Gasteiger partial charge on any atom is 0.123 e. The van der Waals surface area contributed by atoms with Gasteiger partial charge >= 0.3 is 0 Å². The highest BCUT2D eigenvalue weighted by Gasteiger charge is 2.22. The molecular formula is C16H15N3O. The Morgan fingerprint density at radius 2 is 2.15 bits per heavy atom. The van der Waals surface area contributed by atoms with Gasteiger partial charge in [-0.3, -0.25) is 0 Å². The van der Waals surface area contributed by atoms with Crippen molar-refractivity contribution in [2.24, 2.45) is 0 Å². The number of anilines is 2. The molecule has 1 aliphatic rings. The molecule has 0 saturated heterocycles. The first-order chi connectivity index (χ1) is 9.76. The minimum atomic E-state index is 0.0949. The average Bonchev–Trinajstić information content (AvgIpc) is 2.89. The molecule has 3 N–H and O–H groups in total. The number of fused-ring (bicyclic) bond motifs is 1. The zero-order chi connectivity index (χ0) is 13.9. The van der Waals surface area contributed by atoms with Gasteiger partial charge in [0.05, 0.1) is 29.6 Å². The topological polar surface area (TPSA) is 71.1 Å². The quantitative estimate of drug-likeness (QED) is 0.837. The van der Waals surface area contributed by atoms with Crippen LogP contribution in [0, 0.1) is 11.3 Å². The Morgan fingerprint density at radius 1 is 1.30 bits per heavy atom. The number of nitrogens with zero attached hydrogens (tertiary/aromatic N) is 1. The van der Waals surface area contributed by atoms with Crippen LogP contribution in [0.4, 0.5) is 11.4 Å². The van der Waals surface area contributed by atoms with Crippen LogP contribution in [-0.2, 0) is 6.42 Å². The van der Waals surface area contributed by atoms with E-state index in [1.54, 1.807) is 18.2 Å². The molecule has 0 spiro atoms. The van der Waals surface area contributed by atoms with Crippen molar-refractivity contribution in [2.45, 2.75) is 12.5 Å². The fourth-order valence-electron chi connectivity index (χ4n) is 2.37. The number of nitrogen functional groups attached to an aromatic ring is 1. The van der Waals surface area contributed by atoms with Crippen LogP contribution in [0.5, 0.6) is 5.75 Å². The molecular weight excluding hydrogens is 250 g/mol. The van der Waals surface area contributed by atoms with E-state index < -0.39 is 0 Å². The number of hydrogen-bond donors (Lipinski definition) is 2. The van der Waals surface area contributed by atoms with Crippen molar-refractivity contribution in [3.63, 3.8) is 0 Å². The molecule has 20 heavy (non-hydrogen) atoms. The van der Waals surface area contributed by atoms with Gasteiger partial charge in [-0.05, 0) is 29.8 Å². The van der Waals surface area contributed by atoms with Crippen LogP contribution in [-0.4, -0.2) is 12.6 Å². The number of para-hydroxylation sites is 1. The molecule has 3 rings (SSSR count). The monoisotopic (exact) mass is 265 g/mol. The first kappa shape index (κ1) is 12.4. The molecule has 0 aliphatic carbocycles. The summed E-state index contributed by atoms with van der Waals surface area (Å²) in [6.07, 6.45) is 0.985. The van der Waals surface area contributed by atoms with Crippen molar-refractivity contribution < 1.29 is 4.74 Å². The molecule has 0 amide bonds. The van der Waals surface area contributed by atoms with E-state index in [0.29, 0.717) is 17.8 Å². The van der Waals surface area contributed by atoms with E-state index >= 15 is 0 Å². The van der Waals surface area contributed by atoms with E-state index in [4.69, 9.17) is 15.7 Å². The van der Waals surface area contributed by atoms with Crippen LogP contribution in [0.1, 0.15) is 11.1 Å². The standard InChI is InChI=1S/C16H15N3O/c17-9-11-5-6-14(18)15(7-11)19-10-13-8-12-3-1-2-4-16(12)20-13/h1-7,13,19H,8,10,18H2. The molecule has 1 aliphatic heterocycles. The molecule has 0 bridgehead atoms. The van der Waals surface area contributed by atoms with E-state index in [-0.39, 0.29) is 6.10 Å².